The molecule has 1 aliphatic heterocycles. The minimum Gasteiger partial charge on any atom is -0.508 e. The summed E-state index contributed by atoms with van der Waals surface area (Å²) in [5.41, 5.74) is 16.9. The van der Waals surface area contributed by atoms with Crippen molar-refractivity contribution in [3.05, 3.63) is 29.8 Å². The Balaban J connectivity index is 2.35. The summed E-state index contributed by atoms with van der Waals surface area (Å²) < 4.78 is 0. The maximum Gasteiger partial charge on any atom is 0.326 e. The van der Waals surface area contributed by atoms with E-state index in [2.05, 4.69) is 44.5 Å². The first-order valence-electron chi connectivity index (χ1n) is 22.0. The number of thiol groups is 1. The van der Waals surface area contributed by atoms with Gasteiger partial charge in [-0.05, 0) is 49.3 Å². The fraction of sp³-hybridized carbons (Fsp3) is 0.548. The summed E-state index contributed by atoms with van der Waals surface area (Å²) in [4.78, 5) is 168. The Bertz CT molecular complexity index is 2160. The number of phenols is 1. The Morgan fingerprint density at radius 2 is 1.18 bits per heavy atom. The van der Waals surface area contributed by atoms with Crippen molar-refractivity contribution in [3.8, 4) is 5.75 Å². The molecule has 0 saturated carbocycles. The number of primary amides is 2. The molecule has 71 heavy (non-hydrogen) atoms. The Kier molecular flexibility index (Phi) is 24.2. The molecule has 1 saturated heterocycles. The van der Waals surface area contributed by atoms with Gasteiger partial charge in [0.2, 0.25) is 59.1 Å². The van der Waals surface area contributed by atoms with Crippen molar-refractivity contribution in [2.24, 2.45) is 23.1 Å². The Morgan fingerprint density at radius 1 is 0.676 bits per heavy atom. The van der Waals surface area contributed by atoms with Gasteiger partial charge in [-0.25, -0.2) is 4.79 Å². The lowest BCUT2D eigenvalue weighted by Gasteiger charge is -2.29. The SMILES string of the molecule is CC(C)C[C@H](NC(=O)CNC(=O)[C@@H]1CCCN1C(=O)[C@H](CC(N)=O)NC(=O)[C@H](CC(=O)O)NC(=O)[C@H](CC(N)=O)NC(=O)[C@H](CCC(=O)O)NC(=O)[C@H](Cc1ccc(O)cc1)NC(=O)[C@@H](N)CS)C(=O)O. The van der Waals surface area contributed by atoms with Gasteiger partial charge in [0, 0.05) is 25.1 Å². The maximum atomic E-state index is 13.9. The average Bonchev–Trinajstić information content (AvgIpc) is 3.78. The fourth-order valence-electron chi connectivity index (χ4n) is 6.99. The second kappa shape index (κ2) is 28.8. The number of hydrogen-bond acceptors (Lipinski definition) is 16. The quantitative estimate of drug-likeness (QED) is 0.0320. The highest BCUT2D eigenvalue weighted by atomic mass is 32.1. The molecule has 1 fully saturated rings. The number of phenolic OH excluding ortho intramolecular Hbond substituents is 1. The van der Waals surface area contributed by atoms with Crippen LogP contribution in [-0.4, -0.2) is 169 Å². The molecule has 28 nitrogen and oxygen atoms in total. The number of aliphatic carboxylic acids is 3. The highest BCUT2D eigenvalue weighted by Gasteiger charge is 2.40. The fourth-order valence-corrected chi connectivity index (χ4v) is 7.15. The van der Waals surface area contributed by atoms with E-state index in [1.807, 2.05) is 5.32 Å². The van der Waals surface area contributed by atoms with E-state index in [-0.39, 0.29) is 49.6 Å². The normalized spacial score (nSPS) is 16.0. The van der Waals surface area contributed by atoms with E-state index in [0.29, 0.717) is 5.56 Å². The van der Waals surface area contributed by atoms with Gasteiger partial charge in [0.05, 0.1) is 31.8 Å². The first kappa shape index (κ1) is 59.6. The maximum absolute atomic E-state index is 13.9. The Labute approximate surface area is 411 Å². The molecule has 0 unspecified atom stereocenters. The van der Waals surface area contributed by atoms with Gasteiger partial charge >= 0.3 is 17.9 Å². The number of nitrogens with zero attached hydrogens (tertiary/aromatic N) is 1. The lowest BCUT2D eigenvalue weighted by molar-refractivity contribution is -0.144. The first-order chi connectivity index (χ1) is 33.2. The summed E-state index contributed by atoms with van der Waals surface area (Å²) >= 11 is 3.97. The number of hydrogen-bond donors (Lipinski definition) is 15. The van der Waals surface area contributed by atoms with Gasteiger partial charge in [0.25, 0.3) is 0 Å². The number of rotatable bonds is 30. The van der Waals surface area contributed by atoms with Gasteiger partial charge in [0.15, 0.2) is 0 Å². The molecule has 1 heterocycles. The minimum atomic E-state index is -2.13. The summed E-state index contributed by atoms with van der Waals surface area (Å²) in [7, 11) is 0. The number of aromatic hydroxyl groups is 1. The molecule has 2 rings (SSSR count). The first-order valence-corrected chi connectivity index (χ1v) is 22.6. The van der Waals surface area contributed by atoms with Crippen LogP contribution in [0.1, 0.15) is 70.8 Å². The second-order valence-electron chi connectivity index (χ2n) is 16.8. The predicted molar refractivity (Wildman–Crippen MR) is 247 cm³/mol. The molecular formula is C42H61N11O17S. The van der Waals surface area contributed by atoms with Crippen molar-refractivity contribution in [1.29, 1.82) is 0 Å². The summed E-state index contributed by atoms with van der Waals surface area (Å²) in [6.45, 7) is 2.68. The Hall–Kier alpha value is -7.56. The van der Waals surface area contributed by atoms with E-state index < -0.39 is 164 Å². The van der Waals surface area contributed by atoms with Crippen molar-refractivity contribution in [3.63, 3.8) is 0 Å². The standard InChI is InChI=1S/C42H61N11O17S/c1-19(2)12-28(42(69)70)47-32(57)17-46-40(67)29-4-3-11-53(29)41(68)27(15-31(45)56)52-39(66)26(16-34(60)61)51-38(65)25(14-30(44)55)50-36(63)23(9-10-33(58)59)48-37(64)24(49-35(62)22(43)18-71)13-20-5-7-21(54)8-6-20/h5-8,19,22-29,54,71H,3-4,9-18,43H2,1-2H3,(H2,44,55)(H2,45,56)(H,46,67)(H,47,57)(H,48,64)(H,49,62)(H,50,63)(H,51,65)(H,52,66)(H,58,59)(H,60,61)(H,69,70)/t22-,23-,24-,25-,26-,27-,28-,29-/m0/s1. The molecule has 0 spiro atoms. The monoisotopic (exact) mass is 1020 g/mol. The van der Waals surface area contributed by atoms with E-state index in [1.54, 1.807) is 13.8 Å². The number of carboxylic acid groups (broad SMARTS) is 3. The largest absolute Gasteiger partial charge is 0.508 e. The molecule has 10 amide bonds. The molecule has 0 bridgehead atoms. The molecule has 1 aromatic carbocycles. The molecule has 0 aromatic heterocycles. The zero-order chi connectivity index (χ0) is 53.7. The number of nitrogens with one attached hydrogen (secondary N) is 7. The van der Waals surface area contributed by atoms with Crippen molar-refractivity contribution in [2.75, 3.05) is 18.8 Å². The van der Waals surface area contributed by atoms with Crippen LogP contribution in [0, 0.1) is 5.92 Å². The molecule has 17 N–H and O–H groups in total. The van der Waals surface area contributed by atoms with Gasteiger partial charge in [0.1, 0.15) is 48.0 Å². The third-order valence-electron chi connectivity index (χ3n) is 10.5. The summed E-state index contributed by atoms with van der Waals surface area (Å²) in [6.07, 6.45) is -4.46. The lowest BCUT2D eigenvalue weighted by atomic mass is 10.0. The van der Waals surface area contributed by atoms with Crippen LogP contribution in [-0.2, 0) is 68.7 Å². The summed E-state index contributed by atoms with van der Waals surface area (Å²) in [5, 5.41) is 53.8. The number of benzene rings is 1. The molecular weight excluding hydrogens is 963 g/mol. The van der Waals surface area contributed by atoms with Crippen molar-refractivity contribution in [1.82, 2.24) is 42.1 Å². The molecule has 1 aromatic rings. The topological polar surface area (TPSA) is 468 Å². The number of amides is 10. The van der Waals surface area contributed by atoms with Crippen molar-refractivity contribution >= 4 is 89.6 Å². The van der Waals surface area contributed by atoms with Gasteiger partial charge < -0.3 is 79.7 Å². The van der Waals surface area contributed by atoms with Crippen molar-refractivity contribution in [2.45, 2.75) is 120 Å². The number of carbonyl (C=O) groups excluding carboxylic acids is 10. The van der Waals surface area contributed by atoms with Crippen LogP contribution in [0.4, 0.5) is 0 Å². The van der Waals surface area contributed by atoms with Gasteiger partial charge in [-0.2, -0.15) is 12.6 Å². The molecule has 29 heteroatoms. The predicted octanol–water partition coefficient (Wildman–Crippen LogP) is -5.57. The van der Waals surface area contributed by atoms with Crippen LogP contribution in [0.25, 0.3) is 0 Å². The van der Waals surface area contributed by atoms with Gasteiger partial charge in [-0.15, -0.1) is 0 Å². The van der Waals surface area contributed by atoms with E-state index in [9.17, 15) is 82.8 Å². The van der Waals surface area contributed by atoms with Gasteiger partial charge in [-0.1, -0.05) is 26.0 Å². The third kappa shape index (κ3) is 20.9. The van der Waals surface area contributed by atoms with Crippen LogP contribution >= 0.6 is 12.6 Å². The van der Waals surface area contributed by atoms with E-state index in [1.165, 1.54) is 24.3 Å². The third-order valence-corrected chi connectivity index (χ3v) is 10.9. The summed E-state index contributed by atoms with van der Waals surface area (Å²) in [6, 6.07) is -7.66. The van der Waals surface area contributed by atoms with Crippen molar-refractivity contribution < 1.29 is 82.8 Å². The number of nitrogens with two attached hydrogens (primary N) is 3. The van der Waals surface area contributed by atoms with E-state index in [4.69, 9.17) is 17.2 Å². The smallest absolute Gasteiger partial charge is 0.326 e. The minimum absolute atomic E-state index is 0.0368. The average molecular weight is 1020 g/mol. The second-order valence-corrected chi connectivity index (χ2v) is 17.2. The lowest BCUT2D eigenvalue weighted by Crippen LogP contribution is -2.61. The Morgan fingerprint density at radius 3 is 1.70 bits per heavy atom. The molecule has 1 aliphatic rings. The highest BCUT2D eigenvalue weighted by molar-refractivity contribution is 7.80. The van der Waals surface area contributed by atoms with Crippen LogP contribution in [0.2, 0.25) is 0 Å². The van der Waals surface area contributed by atoms with Crippen LogP contribution in [0.3, 0.4) is 0 Å². The highest BCUT2D eigenvalue weighted by Crippen LogP contribution is 2.20. The molecule has 392 valence electrons. The van der Waals surface area contributed by atoms with Crippen LogP contribution in [0.15, 0.2) is 24.3 Å². The number of likely N-dealkylation sites (tertiary alicyclic amines) is 1. The van der Waals surface area contributed by atoms with Crippen LogP contribution in [0.5, 0.6) is 5.75 Å². The molecule has 8 atom stereocenters. The zero-order valence-electron chi connectivity index (χ0n) is 38.7. The molecule has 0 radical (unpaired) electrons. The number of carbonyl (C=O) groups is 13. The molecule has 0 aliphatic carbocycles. The van der Waals surface area contributed by atoms with E-state index in [0.717, 1.165) is 4.90 Å². The van der Waals surface area contributed by atoms with E-state index >= 15 is 0 Å². The zero-order valence-corrected chi connectivity index (χ0v) is 39.6. The van der Waals surface area contributed by atoms with Crippen LogP contribution < -0.4 is 54.4 Å². The summed E-state index contributed by atoms with van der Waals surface area (Å²) in [5.74, 6) is -16.0. The number of carboxylic acids is 3. The van der Waals surface area contributed by atoms with Gasteiger partial charge in [-0.3, -0.25) is 57.5 Å².